The maximum atomic E-state index is 13.1. The second-order valence-corrected chi connectivity index (χ2v) is 12.0. The summed E-state index contributed by atoms with van der Waals surface area (Å²) in [6, 6.07) is 4.75. The van der Waals surface area contributed by atoms with Crippen LogP contribution in [-0.2, 0) is 47.0 Å². The summed E-state index contributed by atoms with van der Waals surface area (Å²) < 4.78 is 51.5. The van der Waals surface area contributed by atoms with Crippen LogP contribution in [0.3, 0.4) is 0 Å². The summed E-state index contributed by atoms with van der Waals surface area (Å²) in [5, 5.41) is 6.51. The Morgan fingerprint density at radius 2 is 1.72 bits per heavy atom. The summed E-state index contributed by atoms with van der Waals surface area (Å²) in [4.78, 5) is 48.2. The van der Waals surface area contributed by atoms with Gasteiger partial charge in [0.1, 0.15) is 11.7 Å². The molecule has 15 nitrogen and oxygen atoms in total. The van der Waals surface area contributed by atoms with Crippen molar-refractivity contribution in [3.8, 4) is 0 Å². The van der Waals surface area contributed by atoms with Gasteiger partial charge in [-0.15, -0.1) is 3.89 Å². The lowest BCUT2D eigenvalue weighted by Gasteiger charge is -2.24. The summed E-state index contributed by atoms with van der Waals surface area (Å²) in [5.41, 5.74) is 7.21. The van der Waals surface area contributed by atoms with Gasteiger partial charge in [0.15, 0.2) is 0 Å². The summed E-state index contributed by atoms with van der Waals surface area (Å²) >= 11 is 0. The molecule has 0 spiro atoms. The first-order valence-electron chi connectivity index (χ1n) is 15.0. The van der Waals surface area contributed by atoms with Gasteiger partial charge in [-0.25, -0.2) is 0 Å². The zero-order chi connectivity index (χ0) is 32.9. The maximum absolute atomic E-state index is 13.1. The fraction of sp³-hybridized carbons (Fsp3) is 0.517. The number of nitrogens with two attached hydrogens (primary N) is 1. The molecule has 3 aromatic rings. The van der Waals surface area contributed by atoms with Gasteiger partial charge in [-0.05, 0) is 42.5 Å². The van der Waals surface area contributed by atoms with Crippen LogP contribution in [0.4, 0.5) is 9.83 Å². The number of halogens is 1. The Morgan fingerprint density at radius 3 is 2.41 bits per heavy atom. The van der Waals surface area contributed by atoms with Gasteiger partial charge in [-0.2, -0.15) is 13.4 Å². The highest BCUT2D eigenvalue weighted by Gasteiger charge is 2.33. The Morgan fingerprint density at radius 1 is 1.04 bits per heavy atom. The predicted octanol–water partition coefficient (Wildman–Crippen LogP) is 0.371. The molecule has 252 valence electrons. The third-order valence-corrected chi connectivity index (χ3v) is 8.21. The standard InChI is InChI=1S/C29H40FN7O8S/c30-46(41,42)22-6-3-20(4-7-22)5-8-24(38)37-11-1-2-23(37)27(39)33-10-13-44-15-17-45-16-14-43-12-9-32-18-21-19-34-26-25(21)28(40)36-29(31)35-26/h3-4,6-7,19,23,32H,1-2,5,8-18H2,(H,33,39)(H4,31,34,35,36,40)/t23-/m0/s1. The number of likely N-dealkylation sites (tertiary alicyclic amines) is 1. The van der Waals surface area contributed by atoms with Gasteiger partial charge in [-0.1, -0.05) is 12.1 Å². The van der Waals surface area contributed by atoms with E-state index in [1.807, 2.05) is 0 Å². The molecule has 17 heteroatoms. The van der Waals surface area contributed by atoms with Crippen LogP contribution < -0.4 is 21.9 Å². The van der Waals surface area contributed by atoms with Crippen LogP contribution in [0.2, 0.25) is 0 Å². The Balaban J connectivity index is 0.985. The average molecular weight is 666 g/mol. The van der Waals surface area contributed by atoms with E-state index in [1.54, 1.807) is 11.1 Å². The van der Waals surface area contributed by atoms with Gasteiger partial charge >= 0.3 is 10.2 Å². The van der Waals surface area contributed by atoms with Crippen LogP contribution in [0, 0.1) is 0 Å². The molecular weight excluding hydrogens is 625 g/mol. The van der Waals surface area contributed by atoms with Crippen molar-refractivity contribution in [2.75, 3.05) is 65.0 Å². The quantitative estimate of drug-likeness (QED) is 0.0872. The van der Waals surface area contributed by atoms with Crippen LogP contribution in [0.1, 0.15) is 30.4 Å². The number of anilines is 1. The second-order valence-electron chi connectivity index (χ2n) is 10.6. The molecule has 1 aliphatic heterocycles. The lowest BCUT2D eigenvalue weighted by Crippen LogP contribution is -2.46. The van der Waals surface area contributed by atoms with E-state index in [0.29, 0.717) is 95.3 Å². The Kier molecular flexibility index (Phi) is 13.0. The van der Waals surface area contributed by atoms with E-state index in [-0.39, 0.29) is 29.7 Å². The Bertz CT molecular complexity index is 1610. The molecule has 0 saturated carbocycles. The molecule has 0 aliphatic carbocycles. The van der Waals surface area contributed by atoms with Crippen LogP contribution in [0.15, 0.2) is 40.2 Å². The molecule has 6 N–H and O–H groups in total. The number of ether oxygens (including phenoxy) is 3. The van der Waals surface area contributed by atoms with Gasteiger partial charge in [0, 0.05) is 38.8 Å². The number of benzene rings is 1. The van der Waals surface area contributed by atoms with Crippen molar-refractivity contribution < 1.29 is 36.1 Å². The SMILES string of the molecule is Nc1nc2[nH]cc(CNCCOCCOCCOCCNC(=O)[C@@H]3CCCN3C(=O)CCc3ccc(S(=O)(=O)F)cc3)c2c(=O)[nH]1. The molecule has 2 aromatic heterocycles. The lowest BCUT2D eigenvalue weighted by atomic mass is 10.1. The Labute approximate surface area is 265 Å². The summed E-state index contributed by atoms with van der Waals surface area (Å²) in [7, 11) is -4.77. The first-order valence-corrected chi connectivity index (χ1v) is 16.4. The first kappa shape index (κ1) is 35.0. The number of hydrogen-bond acceptors (Lipinski definition) is 11. The summed E-state index contributed by atoms with van der Waals surface area (Å²) in [5.74, 6) is -0.332. The van der Waals surface area contributed by atoms with E-state index in [1.165, 1.54) is 24.3 Å². The molecule has 1 aliphatic rings. The molecular formula is C29H40FN7O8S. The number of carbonyl (C=O) groups excluding carboxylic acids is 2. The van der Waals surface area contributed by atoms with Crippen LogP contribution >= 0.6 is 0 Å². The largest absolute Gasteiger partial charge is 0.378 e. The van der Waals surface area contributed by atoms with E-state index in [0.717, 1.165) is 12.0 Å². The van der Waals surface area contributed by atoms with Gasteiger partial charge in [0.25, 0.3) is 5.56 Å². The first-order chi connectivity index (χ1) is 22.1. The molecule has 0 unspecified atom stereocenters. The van der Waals surface area contributed by atoms with E-state index >= 15 is 0 Å². The number of nitrogens with one attached hydrogen (secondary N) is 4. The van der Waals surface area contributed by atoms with Gasteiger partial charge < -0.3 is 40.5 Å². The number of aromatic nitrogens is 3. The van der Waals surface area contributed by atoms with Crippen molar-refractivity contribution >= 4 is 39.0 Å². The van der Waals surface area contributed by atoms with E-state index in [9.17, 15) is 26.7 Å². The normalized spacial score (nSPS) is 15.1. The van der Waals surface area contributed by atoms with Crippen LogP contribution in [-0.4, -0.2) is 105 Å². The monoisotopic (exact) mass is 665 g/mol. The fourth-order valence-electron chi connectivity index (χ4n) is 5.08. The molecule has 1 atom stereocenters. The van der Waals surface area contributed by atoms with Crippen molar-refractivity contribution in [2.24, 2.45) is 0 Å². The number of carbonyl (C=O) groups is 2. The van der Waals surface area contributed by atoms with Crippen LogP contribution in [0.5, 0.6) is 0 Å². The third-order valence-electron chi connectivity index (χ3n) is 7.38. The van der Waals surface area contributed by atoms with Crippen molar-refractivity contribution in [2.45, 2.75) is 43.2 Å². The highest BCUT2D eigenvalue weighted by atomic mass is 32.3. The van der Waals surface area contributed by atoms with Crippen molar-refractivity contribution in [1.29, 1.82) is 0 Å². The minimum absolute atomic E-state index is 0.0634. The average Bonchev–Trinajstić information content (AvgIpc) is 3.67. The number of H-pyrrole nitrogens is 2. The minimum Gasteiger partial charge on any atom is -0.378 e. The molecule has 1 saturated heterocycles. The highest BCUT2D eigenvalue weighted by molar-refractivity contribution is 7.86. The van der Waals surface area contributed by atoms with Gasteiger partial charge in [0.2, 0.25) is 17.8 Å². The number of nitrogen functional groups attached to an aromatic ring is 1. The number of fused-ring (bicyclic) bond motifs is 1. The van der Waals surface area contributed by atoms with Gasteiger partial charge in [-0.3, -0.25) is 19.4 Å². The van der Waals surface area contributed by atoms with Crippen molar-refractivity contribution in [1.82, 2.24) is 30.5 Å². The fourth-order valence-corrected chi connectivity index (χ4v) is 5.55. The smallest absolute Gasteiger partial charge is 0.332 e. The number of rotatable bonds is 19. The highest BCUT2D eigenvalue weighted by Crippen LogP contribution is 2.20. The number of aromatic amines is 2. The zero-order valence-corrected chi connectivity index (χ0v) is 26.2. The van der Waals surface area contributed by atoms with Crippen molar-refractivity contribution in [3.63, 3.8) is 0 Å². The number of nitrogens with zero attached hydrogens (tertiary/aromatic N) is 2. The topological polar surface area (TPSA) is 211 Å². The molecule has 2 amide bonds. The zero-order valence-electron chi connectivity index (χ0n) is 25.4. The summed E-state index contributed by atoms with van der Waals surface area (Å²) in [6.07, 6.45) is 3.52. The van der Waals surface area contributed by atoms with E-state index in [4.69, 9.17) is 19.9 Å². The van der Waals surface area contributed by atoms with Gasteiger partial charge in [0.05, 0.1) is 49.9 Å². The molecule has 46 heavy (non-hydrogen) atoms. The Hall–Kier alpha value is -3.90. The molecule has 4 rings (SSSR count). The van der Waals surface area contributed by atoms with Crippen molar-refractivity contribution in [3.05, 3.63) is 51.9 Å². The number of aryl methyl sites for hydroxylation is 1. The second kappa shape index (κ2) is 17.1. The lowest BCUT2D eigenvalue weighted by molar-refractivity contribution is -0.138. The predicted molar refractivity (Wildman–Crippen MR) is 166 cm³/mol. The molecule has 3 heterocycles. The molecule has 0 radical (unpaired) electrons. The summed E-state index contributed by atoms with van der Waals surface area (Å²) in [6.45, 7) is 4.17. The number of hydrogen-bond donors (Lipinski definition) is 5. The minimum atomic E-state index is -4.77. The third kappa shape index (κ3) is 10.3. The van der Waals surface area contributed by atoms with Crippen LogP contribution in [0.25, 0.3) is 11.0 Å². The van der Waals surface area contributed by atoms with E-state index in [2.05, 4.69) is 25.6 Å². The maximum Gasteiger partial charge on any atom is 0.332 e. The molecule has 1 aromatic carbocycles. The molecule has 0 bridgehead atoms. The van der Waals surface area contributed by atoms with E-state index < -0.39 is 21.2 Å². The number of amides is 2. The molecule has 1 fully saturated rings.